The van der Waals surface area contributed by atoms with Crippen LogP contribution in [0.25, 0.3) is 0 Å². The number of likely N-dealkylation sites (tertiary alicyclic amines) is 1. The Hall–Kier alpha value is -2.35. The number of piperidine rings is 1. The maximum Gasteiger partial charge on any atom is 0.322 e. The second kappa shape index (κ2) is 10.1. The molecule has 164 valence electrons. The van der Waals surface area contributed by atoms with Crippen molar-refractivity contribution in [3.63, 3.8) is 0 Å². The molecule has 30 heavy (non-hydrogen) atoms. The molecule has 2 fully saturated rings. The topological polar surface area (TPSA) is 73.0 Å². The lowest BCUT2D eigenvalue weighted by molar-refractivity contribution is -0.140. The number of nitrogens with one attached hydrogen (secondary N) is 1. The molecule has 9 heteroatoms. The molecule has 0 radical (unpaired) electrons. The number of hydrogen-bond acceptors (Lipinski definition) is 3. The number of alkyl halides is 1. The summed E-state index contributed by atoms with van der Waals surface area (Å²) in [6, 6.07) is 5.91. The Kier molecular flexibility index (Phi) is 7.53. The van der Waals surface area contributed by atoms with Gasteiger partial charge in [-0.3, -0.25) is 9.59 Å². The molecule has 0 saturated carbocycles. The van der Waals surface area contributed by atoms with Crippen LogP contribution < -0.4 is 5.32 Å². The van der Waals surface area contributed by atoms with E-state index in [1.807, 2.05) is 0 Å². The Morgan fingerprint density at radius 2 is 1.93 bits per heavy atom. The van der Waals surface area contributed by atoms with Gasteiger partial charge in [0.15, 0.2) is 0 Å². The van der Waals surface area contributed by atoms with Crippen molar-refractivity contribution in [3.05, 3.63) is 29.3 Å². The van der Waals surface area contributed by atoms with Crippen LogP contribution in [0.2, 0.25) is 5.02 Å². The number of carbonyl (C=O) groups excluding carboxylic acids is 3. The Labute approximate surface area is 181 Å². The quantitative estimate of drug-likeness (QED) is 0.767. The minimum Gasteiger partial charge on any atom is -0.342 e. The molecule has 1 aromatic rings. The molecule has 1 atom stereocenters. The van der Waals surface area contributed by atoms with Gasteiger partial charge in [-0.25, -0.2) is 9.18 Å². The van der Waals surface area contributed by atoms with E-state index in [4.69, 9.17) is 11.6 Å². The summed E-state index contributed by atoms with van der Waals surface area (Å²) < 4.78 is 13.2. The highest BCUT2D eigenvalue weighted by Gasteiger charge is 2.34. The third-order valence-corrected chi connectivity index (χ3v) is 5.92. The summed E-state index contributed by atoms with van der Waals surface area (Å²) in [6.07, 6.45) is 0.901. The minimum absolute atomic E-state index is 0.0157. The molecule has 0 aliphatic carbocycles. The highest BCUT2D eigenvalue weighted by Crippen LogP contribution is 2.19. The summed E-state index contributed by atoms with van der Waals surface area (Å²) in [7, 11) is 0. The lowest BCUT2D eigenvalue weighted by atomic mass is 10.1. The summed E-state index contributed by atoms with van der Waals surface area (Å²) in [4.78, 5) is 42.5. The van der Waals surface area contributed by atoms with Crippen molar-refractivity contribution >= 4 is 35.1 Å². The number of carbonyl (C=O) groups is 3. The first-order chi connectivity index (χ1) is 14.3. The number of piperazine rings is 1. The molecule has 1 aromatic carbocycles. The van der Waals surface area contributed by atoms with Gasteiger partial charge >= 0.3 is 6.03 Å². The standard InChI is InChI=1S/C21H28ClFN4O3/c1-15-20(29)26(9-3-6-19(28)25-10-7-17(23)8-11-25)12-13-27(15)21(30)24-18-5-2-4-16(22)14-18/h2,4-5,14-15,17H,3,6-13H2,1H3,(H,24,30). The Morgan fingerprint density at radius 1 is 1.20 bits per heavy atom. The van der Waals surface area contributed by atoms with Crippen molar-refractivity contribution in [1.29, 1.82) is 0 Å². The SMILES string of the molecule is CC1C(=O)N(CCCC(=O)N2CCC(F)CC2)CCN1C(=O)Nc1cccc(Cl)c1. The predicted molar refractivity (Wildman–Crippen MR) is 113 cm³/mol. The van der Waals surface area contributed by atoms with Gasteiger partial charge in [-0.2, -0.15) is 0 Å². The van der Waals surface area contributed by atoms with Crippen LogP contribution in [0.15, 0.2) is 24.3 Å². The zero-order chi connectivity index (χ0) is 21.7. The van der Waals surface area contributed by atoms with E-state index in [2.05, 4.69) is 5.32 Å². The lowest BCUT2D eigenvalue weighted by Gasteiger charge is -2.39. The van der Waals surface area contributed by atoms with E-state index < -0.39 is 12.2 Å². The zero-order valence-corrected chi connectivity index (χ0v) is 17.9. The first kappa shape index (κ1) is 22.3. The van der Waals surface area contributed by atoms with Crippen LogP contribution >= 0.6 is 11.6 Å². The van der Waals surface area contributed by atoms with Gasteiger partial charge in [0, 0.05) is 49.9 Å². The van der Waals surface area contributed by atoms with Crippen molar-refractivity contribution in [1.82, 2.24) is 14.7 Å². The largest absolute Gasteiger partial charge is 0.342 e. The van der Waals surface area contributed by atoms with Crippen molar-refractivity contribution < 1.29 is 18.8 Å². The van der Waals surface area contributed by atoms with Gasteiger partial charge in [0.25, 0.3) is 0 Å². The van der Waals surface area contributed by atoms with Crippen molar-refractivity contribution in [2.75, 3.05) is 38.0 Å². The number of benzene rings is 1. The smallest absolute Gasteiger partial charge is 0.322 e. The van der Waals surface area contributed by atoms with Gasteiger partial charge in [0.05, 0.1) is 0 Å². The minimum atomic E-state index is -0.805. The summed E-state index contributed by atoms with van der Waals surface area (Å²) in [5, 5.41) is 3.29. The molecule has 1 N–H and O–H groups in total. The summed E-state index contributed by atoms with van der Waals surface area (Å²) >= 11 is 5.94. The molecular formula is C21H28ClFN4O3. The van der Waals surface area contributed by atoms with Crippen molar-refractivity contribution in [3.8, 4) is 0 Å². The number of urea groups is 1. The van der Waals surface area contributed by atoms with Gasteiger partial charge in [-0.15, -0.1) is 0 Å². The van der Waals surface area contributed by atoms with Crippen LogP contribution in [0.3, 0.4) is 0 Å². The molecule has 4 amide bonds. The second-order valence-electron chi connectivity index (χ2n) is 7.79. The normalized spacial score (nSPS) is 20.4. The van der Waals surface area contributed by atoms with Gasteiger partial charge in [0.2, 0.25) is 11.8 Å². The molecule has 0 bridgehead atoms. The average Bonchev–Trinajstić information content (AvgIpc) is 2.71. The Balaban J connectivity index is 1.44. The maximum atomic E-state index is 13.2. The number of hydrogen-bond donors (Lipinski definition) is 1. The van der Waals surface area contributed by atoms with Gasteiger partial charge < -0.3 is 20.0 Å². The Bertz CT molecular complexity index is 785. The van der Waals surface area contributed by atoms with Crippen LogP contribution in [0, 0.1) is 0 Å². The monoisotopic (exact) mass is 438 g/mol. The average molecular weight is 439 g/mol. The molecule has 2 heterocycles. The summed E-state index contributed by atoms with van der Waals surface area (Å²) in [6.45, 7) is 3.95. The Morgan fingerprint density at radius 3 is 2.63 bits per heavy atom. The molecule has 2 saturated heterocycles. The molecule has 7 nitrogen and oxygen atoms in total. The molecule has 0 aromatic heterocycles. The van der Waals surface area contributed by atoms with Crippen LogP contribution in [0.5, 0.6) is 0 Å². The van der Waals surface area contributed by atoms with Gasteiger partial charge in [0.1, 0.15) is 12.2 Å². The van der Waals surface area contributed by atoms with Crippen molar-refractivity contribution in [2.24, 2.45) is 0 Å². The predicted octanol–water partition coefficient (Wildman–Crippen LogP) is 3.15. The van der Waals surface area contributed by atoms with Gasteiger partial charge in [-0.05, 0) is 44.4 Å². The maximum absolute atomic E-state index is 13.2. The fourth-order valence-corrected chi connectivity index (χ4v) is 4.06. The van der Waals surface area contributed by atoms with Crippen LogP contribution in [-0.4, -0.2) is 77.5 Å². The van der Waals surface area contributed by atoms with E-state index in [0.29, 0.717) is 69.1 Å². The third kappa shape index (κ3) is 5.62. The first-order valence-corrected chi connectivity index (χ1v) is 10.8. The highest BCUT2D eigenvalue weighted by molar-refractivity contribution is 6.30. The van der Waals surface area contributed by atoms with E-state index in [0.717, 1.165) is 0 Å². The fraction of sp³-hybridized carbons (Fsp3) is 0.571. The molecule has 0 spiro atoms. The summed E-state index contributed by atoms with van der Waals surface area (Å²) in [5.41, 5.74) is 0.574. The van der Waals surface area contributed by atoms with E-state index in [9.17, 15) is 18.8 Å². The summed E-state index contributed by atoms with van der Waals surface area (Å²) in [5.74, 6) is -0.116. The zero-order valence-electron chi connectivity index (χ0n) is 17.2. The van der Waals surface area contributed by atoms with Crippen LogP contribution in [-0.2, 0) is 9.59 Å². The number of anilines is 1. The highest BCUT2D eigenvalue weighted by atomic mass is 35.5. The number of nitrogens with zero attached hydrogens (tertiary/aromatic N) is 3. The van der Waals surface area contributed by atoms with E-state index in [1.165, 1.54) is 4.90 Å². The second-order valence-corrected chi connectivity index (χ2v) is 8.23. The molecule has 3 rings (SSSR count). The van der Waals surface area contributed by atoms with E-state index in [-0.39, 0.29) is 17.8 Å². The number of amides is 4. The number of rotatable bonds is 5. The van der Waals surface area contributed by atoms with Crippen LogP contribution in [0.1, 0.15) is 32.6 Å². The van der Waals surface area contributed by atoms with E-state index >= 15 is 0 Å². The van der Waals surface area contributed by atoms with Crippen molar-refractivity contribution in [2.45, 2.75) is 44.8 Å². The molecule has 1 unspecified atom stereocenters. The number of halogens is 2. The third-order valence-electron chi connectivity index (χ3n) is 5.68. The fourth-order valence-electron chi connectivity index (χ4n) is 3.87. The molecule has 2 aliphatic rings. The van der Waals surface area contributed by atoms with Gasteiger partial charge in [-0.1, -0.05) is 17.7 Å². The van der Waals surface area contributed by atoms with Crippen LogP contribution in [0.4, 0.5) is 14.9 Å². The molecule has 2 aliphatic heterocycles. The molecular weight excluding hydrogens is 411 g/mol. The van der Waals surface area contributed by atoms with E-state index in [1.54, 1.807) is 41.0 Å². The lowest BCUT2D eigenvalue weighted by Crippen LogP contribution is -2.58. The first-order valence-electron chi connectivity index (χ1n) is 10.4.